The molecule has 3 rings (SSSR count). The van der Waals surface area contributed by atoms with Crippen LogP contribution < -0.4 is 5.32 Å². The van der Waals surface area contributed by atoms with Crippen molar-refractivity contribution in [3.63, 3.8) is 0 Å². The van der Waals surface area contributed by atoms with E-state index >= 15 is 0 Å². The molecule has 1 aliphatic carbocycles. The Kier molecular flexibility index (Phi) is 4.23. The van der Waals surface area contributed by atoms with Crippen molar-refractivity contribution in [3.05, 3.63) is 35.5 Å². The van der Waals surface area contributed by atoms with Gasteiger partial charge in [-0.05, 0) is 43.0 Å². The molecule has 4 nitrogen and oxygen atoms in total. The van der Waals surface area contributed by atoms with E-state index in [0.717, 1.165) is 31.7 Å². The number of aryl methyl sites for hydroxylation is 1. The van der Waals surface area contributed by atoms with Gasteiger partial charge in [-0.1, -0.05) is 0 Å². The average molecular weight is 283 g/mol. The lowest BCUT2D eigenvalue weighted by Gasteiger charge is -2.04. The van der Waals surface area contributed by atoms with E-state index in [2.05, 4.69) is 28.2 Å². The first-order valence-corrected chi connectivity index (χ1v) is 7.56. The van der Waals surface area contributed by atoms with Gasteiger partial charge in [0.15, 0.2) is 0 Å². The predicted molar refractivity (Wildman–Crippen MR) is 83.0 cm³/mol. The Balaban J connectivity index is 1.88. The van der Waals surface area contributed by atoms with Gasteiger partial charge in [0.05, 0.1) is 11.6 Å². The molecule has 0 bridgehead atoms. The number of ether oxygens (including phenoxy) is 1. The number of nitriles is 1. The Hall–Kier alpha value is -1.83. The molecule has 0 radical (unpaired) electrons. The monoisotopic (exact) mass is 283 g/mol. The van der Waals surface area contributed by atoms with Crippen molar-refractivity contribution < 1.29 is 4.74 Å². The van der Waals surface area contributed by atoms with Gasteiger partial charge in [-0.25, -0.2) is 0 Å². The maximum Gasteiger partial charge on any atom is 0.0991 e. The van der Waals surface area contributed by atoms with Gasteiger partial charge in [0.25, 0.3) is 0 Å². The number of hydrogen-bond acceptors (Lipinski definition) is 3. The molecule has 2 aromatic rings. The SMILES string of the molecule is COCCCn1cc(CNC2CC2)c2cc(C#N)ccc21. The third-order valence-electron chi connectivity index (χ3n) is 4.00. The summed E-state index contributed by atoms with van der Waals surface area (Å²) >= 11 is 0. The second kappa shape index (κ2) is 6.30. The fourth-order valence-electron chi connectivity index (χ4n) is 2.69. The van der Waals surface area contributed by atoms with Crippen molar-refractivity contribution in [2.24, 2.45) is 0 Å². The molecule has 1 aliphatic rings. The number of hydrogen-bond donors (Lipinski definition) is 1. The summed E-state index contributed by atoms with van der Waals surface area (Å²) in [4.78, 5) is 0. The molecule has 4 heteroatoms. The number of benzene rings is 1. The molecule has 1 N–H and O–H groups in total. The van der Waals surface area contributed by atoms with Gasteiger partial charge in [0, 0.05) is 49.9 Å². The fourth-order valence-corrected chi connectivity index (χ4v) is 2.69. The fraction of sp³-hybridized carbons (Fsp3) is 0.471. The van der Waals surface area contributed by atoms with Gasteiger partial charge >= 0.3 is 0 Å². The standard InChI is InChI=1S/C17H21N3O/c1-21-8-2-7-20-12-14(11-19-15-4-5-15)16-9-13(10-18)3-6-17(16)20/h3,6,9,12,15,19H,2,4-5,7-8,11H2,1H3. The summed E-state index contributed by atoms with van der Waals surface area (Å²) in [5, 5.41) is 13.9. The first-order chi connectivity index (χ1) is 10.3. The van der Waals surface area contributed by atoms with Crippen molar-refractivity contribution in [3.8, 4) is 6.07 Å². The van der Waals surface area contributed by atoms with Crippen LogP contribution in [-0.2, 0) is 17.8 Å². The average Bonchev–Trinajstić information content (AvgIpc) is 3.28. The Morgan fingerprint density at radius 1 is 1.43 bits per heavy atom. The normalized spacial score (nSPS) is 14.5. The van der Waals surface area contributed by atoms with Crippen LogP contribution in [0.15, 0.2) is 24.4 Å². The summed E-state index contributed by atoms with van der Waals surface area (Å²) in [6.45, 7) is 2.60. The zero-order chi connectivity index (χ0) is 14.7. The Bertz CT molecular complexity index is 664. The topological polar surface area (TPSA) is 50.0 Å². The van der Waals surface area contributed by atoms with Crippen LogP contribution in [0.1, 0.15) is 30.4 Å². The molecule has 1 aromatic heterocycles. The van der Waals surface area contributed by atoms with Crippen molar-refractivity contribution in [2.45, 2.75) is 38.4 Å². The number of fused-ring (bicyclic) bond motifs is 1. The first kappa shape index (κ1) is 14.1. The highest BCUT2D eigenvalue weighted by atomic mass is 16.5. The molecular weight excluding hydrogens is 262 g/mol. The van der Waals surface area contributed by atoms with Crippen molar-refractivity contribution in [1.82, 2.24) is 9.88 Å². The van der Waals surface area contributed by atoms with Crippen LogP contribution in [-0.4, -0.2) is 24.3 Å². The lowest BCUT2D eigenvalue weighted by atomic mass is 10.1. The van der Waals surface area contributed by atoms with Crippen LogP contribution in [0, 0.1) is 11.3 Å². The zero-order valence-electron chi connectivity index (χ0n) is 12.4. The van der Waals surface area contributed by atoms with E-state index in [1.54, 1.807) is 7.11 Å². The first-order valence-electron chi connectivity index (χ1n) is 7.56. The molecule has 0 aliphatic heterocycles. The maximum absolute atomic E-state index is 9.11. The second-order valence-corrected chi connectivity index (χ2v) is 5.69. The molecule has 1 saturated carbocycles. The van der Waals surface area contributed by atoms with Crippen LogP contribution in [0.5, 0.6) is 0 Å². The van der Waals surface area contributed by atoms with Crippen molar-refractivity contribution >= 4 is 10.9 Å². The van der Waals surface area contributed by atoms with E-state index in [4.69, 9.17) is 10.00 Å². The third-order valence-corrected chi connectivity index (χ3v) is 4.00. The number of methoxy groups -OCH3 is 1. The molecule has 1 heterocycles. The quantitative estimate of drug-likeness (QED) is 0.795. The molecule has 0 saturated heterocycles. The summed E-state index contributed by atoms with van der Waals surface area (Å²) in [5.74, 6) is 0. The molecule has 1 aromatic carbocycles. The Morgan fingerprint density at radius 3 is 3.00 bits per heavy atom. The van der Waals surface area contributed by atoms with E-state index in [1.807, 2.05) is 12.1 Å². The van der Waals surface area contributed by atoms with E-state index in [9.17, 15) is 0 Å². The summed E-state index contributed by atoms with van der Waals surface area (Å²) < 4.78 is 7.41. The number of nitrogens with one attached hydrogen (secondary N) is 1. The van der Waals surface area contributed by atoms with E-state index in [1.165, 1.54) is 29.3 Å². The van der Waals surface area contributed by atoms with Crippen molar-refractivity contribution in [1.29, 1.82) is 5.26 Å². The maximum atomic E-state index is 9.11. The number of aromatic nitrogens is 1. The lowest BCUT2D eigenvalue weighted by molar-refractivity contribution is 0.190. The minimum absolute atomic E-state index is 0.691. The lowest BCUT2D eigenvalue weighted by Crippen LogP contribution is -2.15. The van der Waals surface area contributed by atoms with Crippen LogP contribution in [0.4, 0.5) is 0 Å². The molecule has 0 spiro atoms. The van der Waals surface area contributed by atoms with Crippen LogP contribution >= 0.6 is 0 Å². The highest BCUT2D eigenvalue weighted by Gasteiger charge is 2.21. The number of rotatable bonds is 7. The van der Waals surface area contributed by atoms with Crippen LogP contribution in [0.25, 0.3) is 10.9 Å². The van der Waals surface area contributed by atoms with Gasteiger partial charge in [0.1, 0.15) is 0 Å². The van der Waals surface area contributed by atoms with Gasteiger partial charge in [0.2, 0.25) is 0 Å². The summed E-state index contributed by atoms with van der Waals surface area (Å²) in [6.07, 6.45) is 5.79. The largest absolute Gasteiger partial charge is 0.385 e. The highest BCUT2D eigenvalue weighted by Crippen LogP contribution is 2.25. The minimum Gasteiger partial charge on any atom is -0.385 e. The molecule has 21 heavy (non-hydrogen) atoms. The second-order valence-electron chi connectivity index (χ2n) is 5.69. The summed E-state index contributed by atoms with van der Waals surface area (Å²) in [7, 11) is 1.73. The Labute approximate surface area is 125 Å². The van der Waals surface area contributed by atoms with E-state index in [0.29, 0.717) is 6.04 Å². The summed E-state index contributed by atoms with van der Waals surface area (Å²) in [5.41, 5.74) is 3.22. The van der Waals surface area contributed by atoms with Crippen LogP contribution in [0.2, 0.25) is 0 Å². The zero-order valence-corrected chi connectivity index (χ0v) is 12.4. The molecule has 1 fully saturated rings. The van der Waals surface area contributed by atoms with E-state index < -0.39 is 0 Å². The highest BCUT2D eigenvalue weighted by molar-refractivity contribution is 5.85. The van der Waals surface area contributed by atoms with Gasteiger partial charge in [-0.3, -0.25) is 0 Å². The Morgan fingerprint density at radius 2 is 2.29 bits per heavy atom. The van der Waals surface area contributed by atoms with E-state index in [-0.39, 0.29) is 0 Å². The minimum atomic E-state index is 0.691. The van der Waals surface area contributed by atoms with Gasteiger partial charge in [-0.2, -0.15) is 5.26 Å². The molecule has 0 atom stereocenters. The van der Waals surface area contributed by atoms with Crippen LogP contribution in [0.3, 0.4) is 0 Å². The van der Waals surface area contributed by atoms with Gasteiger partial charge in [-0.15, -0.1) is 0 Å². The number of nitrogens with zero attached hydrogens (tertiary/aromatic N) is 2. The third kappa shape index (κ3) is 3.26. The smallest absolute Gasteiger partial charge is 0.0991 e. The predicted octanol–water partition coefficient (Wildman–Crippen LogP) is 2.80. The molecular formula is C17H21N3O. The van der Waals surface area contributed by atoms with Crippen molar-refractivity contribution in [2.75, 3.05) is 13.7 Å². The molecule has 0 amide bonds. The molecule has 110 valence electrons. The molecule has 0 unspecified atom stereocenters. The summed E-state index contributed by atoms with van der Waals surface area (Å²) in [6, 6.07) is 8.89. The van der Waals surface area contributed by atoms with Gasteiger partial charge < -0.3 is 14.6 Å².